The van der Waals surface area contributed by atoms with Crippen molar-refractivity contribution in [1.29, 1.82) is 0 Å². The molecule has 6 nitrogen and oxygen atoms in total. The van der Waals surface area contributed by atoms with Crippen molar-refractivity contribution in [2.45, 2.75) is 19.0 Å². The van der Waals surface area contributed by atoms with Crippen LogP contribution in [0.5, 0.6) is 0 Å². The summed E-state index contributed by atoms with van der Waals surface area (Å²) in [4.78, 5) is 17.2. The quantitative estimate of drug-likeness (QED) is 0.758. The van der Waals surface area contributed by atoms with Gasteiger partial charge in [-0.3, -0.25) is 0 Å². The third-order valence-corrected chi connectivity index (χ3v) is 3.28. The molecule has 0 aliphatic rings. The van der Waals surface area contributed by atoms with Crippen LogP contribution in [0.1, 0.15) is 24.3 Å². The summed E-state index contributed by atoms with van der Waals surface area (Å²) in [6, 6.07) is 0. The van der Waals surface area contributed by atoms with Crippen molar-refractivity contribution in [2.24, 2.45) is 0 Å². The monoisotopic (exact) mass is 232 g/mol. The standard InChI is InChI=1S/C8H12N2O4S/c1-3-14-7(11)6-5-9-8(10-6)15(12,13)4-2/h5H,3-4H2,1-2H3,(H,9,10). The molecule has 0 unspecified atom stereocenters. The molecule has 0 aliphatic carbocycles. The van der Waals surface area contributed by atoms with Gasteiger partial charge in [0.1, 0.15) is 5.69 Å². The predicted octanol–water partition coefficient (Wildman–Crippen LogP) is 0.380. The van der Waals surface area contributed by atoms with Gasteiger partial charge in [0, 0.05) is 0 Å². The van der Waals surface area contributed by atoms with Gasteiger partial charge in [0.2, 0.25) is 15.0 Å². The Morgan fingerprint density at radius 2 is 2.20 bits per heavy atom. The highest BCUT2D eigenvalue weighted by molar-refractivity contribution is 7.91. The predicted molar refractivity (Wildman–Crippen MR) is 52.3 cm³/mol. The van der Waals surface area contributed by atoms with Crippen molar-refractivity contribution in [2.75, 3.05) is 12.4 Å². The topological polar surface area (TPSA) is 89.1 Å². The van der Waals surface area contributed by atoms with E-state index in [2.05, 4.69) is 14.7 Å². The van der Waals surface area contributed by atoms with Crippen LogP contribution in [0, 0.1) is 0 Å². The van der Waals surface area contributed by atoms with E-state index in [-0.39, 0.29) is 23.2 Å². The average Bonchev–Trinajstić information content (AvgIpc) is 2.67. The van der Waals surface area contributed by atoms with Crippen LogP contribution < -0.4 is 0 Å². The van der Waals surface area contributed by atoms with Gasteiger partial charge in [0.25, 0.3) is 0 Å². The van der Waals surface area contributed by atoms with Crippen LogP contribution in [0.15, 0.2) is 11.4 Å². The number of nitrogens with zero attached hydrogens (tertiary/aromatic N) is 1. The molecule has 0 radical (unpaired) electrons. The molecule has 0 amide bonds. The minimum Gasteiger partial charge on any atom is -0.461 e. The highest BCUT2D eigenvalue weighted by atomic mass is 32.2. The maximum Gasteiger partial charge on any atom is 0.356 e. The minimum atomic E-state index is -3.40. The lowest BCUT2D eigenvalue weighted by atomic mass is 10.5. The minimum absolute atomic E-state index is 0.0453. The van der Waals surface area contributed by atoms with Crippen molar-refractivity contribution in [3.8, 4) is 0 Å². The van der Waals surface area contributed by atoms with Gasteiger partial charge >= 0.3 is 5.97 Å². The van der Waals surface area contributed by atoms with E-state index in [0.717, 1.165) is 6.20 Å². The van der Waals surface area contributed by atoms with Crippen LogP contribution in [0.25, 0.3) is 0 Å². The molecular weight excluding hydrogens is 220 g/mol. The van der Waals surface area contributed by atoms with Crippen LogP contribution in [-0.4, -0.2) is 36.7 Å². The van der Waals surface area contributed by atoms with Crippen LogP contribution in [0.2, 0.25) is 0 Å². The van der Waals surface area contributed by atoms with E-state index in [1.54, 1.807) is 6.92 Å². The fraction of sp³-hybridized carbons (Fsp3) is 0.500. The third kappa shape index (κ3) is 2.56. The largest absolute Gasteiger partial charge is 0.461 e. The van der Waals surface area contributed by atoms with Crippen molar-refractivity contribution in [3.05, 3.63) is 11.9 Å². The molecule has 1 rings (SSSR count). The first-order valence-corrected chi connectivity index (χ1v) is 6.11. The second kappa shape index (κ2) is 4.43. The Hall–Kier alpha value is -1.37. The summed E-state index contributed by atoms with van der Waals surface area (Å²) in [5.41, 5.74) is 0.0453. The first-order valence-electron chi connectivity index (χ1n) is 4.46. The second-order valence-corrected chi connectivity index (χ2v) is 4.92. The van der Waals surface area contributed by atoms with Crippen molar-refractivity contribution < 1.29 is 17.9 Å². The molecule has 7 heteroatoms. The summed E-state index contributed by atoms with van der Waals surface area (Å²) in [7, 11) is -3.40. The second-order valence-electron chi connectivity index (χ2n) is 2.73. The molecule has 0 saturated carbocycles. The first kappa shape index (κ1) is 11.7. The van der Waals surface area contributed by atoms with Crippen LogP contribution in [-0.2, 0) is 14.6 Å². The molecule has 0 aliphatic heterocycles. The van der Waals surface area contributed by atoms with Gasteiger partial charge in [-0.2, -0.15) is 0 Å². The Kier molecular flexibility index (Phi) is 3.46. The van der Waals surface area contributed by atoms with Gasteiger partial charge in [0.05, 0.1) is 18.6 Å². The lowest BCUT2D eigenvalue weighted by molar-refractivity contribution is 0.0519. The Balaban J connectivity index is 2.95. The van der Waals surface area contributed by atoms with Crippen molar-refractivity contribution >= 4 is 15.8 Å². The third-order valence-electron chi connectivity index (χ3n) is 1.72. The molecule has 1 N–H and O–H groups in total. The van der Waals surface area contributed by atoms with E-state index >= 15 is 0 Å². The summed E-state index contributed by atoms with van der Waals surface area (Å²) in [6.07, 6.45) is 1.15. The molecular formula is C8H12N2O4S. The number of hydrogen-bond acceptors (Lipinski definition) is 5. The van der Waals surface area contributed by atoms with E-state index in [1.807, 2.05) is 0 Å². The number of ether oxygens (including phenoxy) is 1. The Labute approximate surface area is 87.6 Å². The molecule has 0 bridgehead atoms. The van der Waals surface area contributed by atoms with Crippen LogP contribution in [0.3, 0.4) is 0 Å². The molecule has 0 spiro atoms. The van der Waals surface area contributed by atoms with Gasteiger partial charge in [0.15, 0.2) is 0 Å². The normalized spacial score (nSPS) is 11.3. The van der Waals surface area contributed by atoms with Gasteiger partial charge < -0.3 is 9.72 Å². The Morgan fingerprint density at radius 1 is 1.53 bits per heavy atom. The maximum absolute atomic E-state index is 11.3. The van der Waals surface area contributed by atoms with Crippen LogP contribution in [0.4, 0.5) is 0 Å². The first-order chi connectivity index (χ1) is 7.01. The molecule has 0 saturated heterocycles. The summed E-state index contributed by atoms with van der Waals surface area (Å²) in [5, 5.41) is -0.201. The molecule has 0 fully saturated rings. The number of imidazole rings is 1. The summed E-state index contributed by atoms with van der Waals surface area (Å²) >= 11 is 0. The van der Waals surface area contributed by atoms with Gasteiger partial charge in [-0.1, -0.05) is 6.92 Å². The summed E-state index contributed by atoms with van der Waals surface area (Å²) in [5.74, 6) is -0.675. The number of aromatic nitrogens is 2. The molecule has 1 heterocycles. The number of aromatic amines is 1. The number of nitrogens with one attached hydrogen (secondary N) is 1. The number of rotatable bonds is 4. The summed E-state index contributed by atoms with van der Waals surface area (Å²) in [6.45, 7) is 3.40. The lowest BCUT2D eigenvalue weighted by Gasteiger charge is -1.97. The Morgan fingerprint density at radius 3 is 2.73 bits per heavy atom. The van der Waals surface area contributed by atoms with Crippen molar-refractivity contribution in [1.82, 2.24) is 9.97 Å². The SMILES string of the molecule is CCOC(=O)c1cnc(S(=O)(=O)CC)[nH]1. The number of carbonyl (C=O) groups is 1. The summed E-state index contributed by atoms with van der Waals surface area (Å²) < 4.78 is 27.4. The van der Waals surface area contributed by atoms with Gasteiger partial charge in [-0.25, -0.2) is 18.2 Å². The van der Waals surface area contributed by atoms with E-state index < -0.39 is 15.8 Å². The highest BCUT2D eigenvalue weighted by Crippen LogP contribution is 2.07. The number of sulfone groups is 1. The maximum atomic E-state index is 11.3. The zero-order valence-electron chi connectivity index (χ0n) is 8.48. The fourth-order valence-corrected chi connectivity index (χ4v) is 1.66. The number of carbonyl (C=O) groups excluding carboxylic acids is 1. The molecule has 0 aromatic carbocycles. The number of hydrogen-bond donors (Lipinski definition) is 1. The molecule has 1 aromatic rings. The van der Waals surface area contributed by atoms with E-state index in [9.17, 15) is 13.2 Å². The average molecular weight is 232 g/mol. The molecule has 1 aromatic heterocycles. The van der Waals surface area contributed by atoms with E-state index in [4.69, 9.17) is 0 Å². The van der Waals surface area contributed by atoms with Gasteiger partial charge in [-0.05, 0) is 6.92 Å². The molecule has 0 atom stereocenters. The zero-order chi connectivity index (χ0) is 11.5. The van der Waals surface area contributed by atoms with Crippen LogP contribution >= 0.6 is 0 Å². The van der Waals surface area contributed by atoms with E-state index in [1.165, 1.54) is 6.92 Å². The number of H-pyrrole nitrogens is 1. The Bertz CT molecular complexity index is 449. The fourth-order valence-electron chi connectivity index (χ4n) is 0.910. The lowest BCUT2D eigenvalue weighted by Crippen LogP contribution is -2.08. The zero-order valence-corrected chi connectivity index (χ0v) is 9.30. The molecule has 84 valence electrons. The molecule has 15 heavy (non-hydrogen) atoms. The van der Waals surface area contributed by atoms with Crippen molar-refractivity contribution in [3.63, 3.8) is 0 Å². The van der Waals surface area contributed by atoms with E-state index in [0.29, 0.717) is 0 Å². The number of esters is 1. The highest BCUT2D eigenvalue weighted by Gasteiger charge is 2.18. The smallest absolute Gasteiger partial charge is 0.356 e. The van der Waals surface area contributed by atoms with Gasteiger partial charge in [-0.15, -0.1) is 0 Å².